The van der Waals surface area contributed by atoms with Crippen LogP contribution < -0.4 is 10.6 Å². The molecular weight excluding hydrogens is 296 g/mol. The molecule has 3 aromatic rings. The number of nitrogens with zero attached hydrogens (tertiary/aromatic N) is 2. The molecule has 5 nitrogen and oxygen atoms in total. The Kier molecular flexibility index (Phi) is 4.82. The number of aliphatic hydroxyl groups is 1. The number of aliphatic hydroxyl groups excluding tert-OH is 1. The number of rotatable bonds is 7. The molecule has 0 aliphatic rings. The number of fused-ring (bicyclic) bond motifs is 1. The fourth-order valence-corrected chi connectivity index (χ4v) is 2.80. The van der Waals surface area contributed by atoms with Crippen LogP contribution in [-0.2, 0) is 6.54 Å². The van der Waals surface area contributed by atoms with E-state index in [1.54, 1.807) is 11.3 Å². The van der Waals surface area contributed by atoms with Crippen molar-refractivity contribution >= 4 is 34.0 Å². The Morgan fingerprint density at radius 1 is 1.05 bits per heavy atom. The van der Waals surface area contributed by atoms with Crippen LogP contribution in [0.4, 0.5) is 11.8 Å². The third-order valence-electron chi connectivity index (χ3n) is 3.23. The molecule has 3 N–H and O–H groups in total. The van der Waals surface area contributed by atoms with Crippen molar-refractivity contribution < 1.29 is 5.11 Å². The summed E-state index contributed by atoms with van der Waals surface area (Å²) in [5.41, 5.74) is 0.901. The number of benzene rings is 1. The van der Waals surface area contributed by atoms with Crippen LogP contribution in [0.2, 0.25) is 0 Å². The first-order chi connectivity index (χ1) is 10.9. The number of thiophene rings is 1. The van der Waals surface area contributed by atoms with E-state index >= 15 is 0 Å². The minimum Gasteiger partial charge on any atom is -0.396 e. The zero-order valence-electron chi connectivity index (χ0n) is 12.1. The summed E-state index contributed by atoms with van der Waals surface area (Å²) in [6.07, 6.45) is 0.691. The molecule has 0 aliphatic carbocycles. The molecule has 0 radical (unpaired) electrons. The number of para-hydroxylation sites is 1. The lowest BCUT2D eigenvalue weighted by Gasteiger charge is -2.11. The molecule has 0 aliphatic heterocycles. The van der Waals surface area contributed by atoms with Crippen molar-refractivity contribution in [1.82, 2.24) is 9.97 Å². The van der Waals surface area contributed by atoms with Crippen molar-refractivity contribution in [2.75, 3.05) is 23.8 Å². The number of hydrogen-bond acceptors (Lipinski definition) is 6. The Balaban J connectivity index is 1.83. The highest BCUT2D eigenvalue weighted by Gasteiger charge is 2.07. The van der Waals surface area contributed by atoms with Gasteiger partial charge in [-0.3, -0.25) is 0 Å². The first kappa shape index (κ1) is 14.7. The van der Waals surface area contributed by atoms with Gasteiger partial charge in [0.15, 0.2) is 0 Å². The Labute approximate surface area is 133 Å². The number of nitrogens with one attached hydrogen (secondary N) is 2. The lowest BCUT2D eigenvalue weighted by Crippen LogP contribution is -2.09. The van der Waals surface area contributed by atoms with E-state index in [1.807, 2.05) is 30.3 Å². The molecule has 0 fully saturated rings. The second-order valence-electron chi connectivity index (χ2n) is 4.85. The van der Waals surface area contributed by atoms with Crippen molar-refractivity contribution in [3.8, 4) is 0 Å². The van der Waals surface area contributed by atoms with Gasteiger partial charge in [0.1, 0.15) is 5.82 Å². The van der Waals surface area contributed by atoms with Gasteiger partial charge in [0.05, 0.1) is 12.1 Å². The maximum atomic E-state index is 8.92. The Bertz CT molecular complexity index is 730. The second kappa shape index (κ2) is 7.20. The fourth-order valence-electron chi connectivity index (χ4n) is 2.16. The average Bonchev–Trinajstić information content (AvgIpc) is 3.06. The Morgan fingerprint density at radius 2 is 1.95 bits per heavy atom. The third kappa shape index (κ3) is 3.52. The number of anilines is 2. The van der Waals surface area contributed by atoms with Crippen LogP contribution in [-0.4, -0.2) is 28.2 Å². The normalized spacial score (nSPS) is 10.8. The summed E-state index contributed by atoms with van der Waals surface area (Å²) >= 11 is 1.71. The second-order valence-corrected chi connectivity index (χ2v) is 5.88. The predicted octanol–water partition coefficient (Wildman–Crippen LogP) is 3.10. The first-order valence-corrected chi connectivity index (χ1v) is 8.12. The molecule has 0 saturated carbocycles. The lowest BCUT2D eigenvalue weighted by atomic mass is 10.2. The molecule has 0 atom stereocenters. The van der Waals surface area contributed by atoms with Crippen LogP contribution in [0.25, 0.3) is 10.9 Å². The quantitative estimate of drug-likeness (QED) is 0.585. The SMILES string of the molecule is OCCCNc1nc(NCc2cccs2)nc2ccccc12. The zero-order valence-corrected chi connectivity index (χ0v) is 12.9. The Hall–Kier alpha value is -2.18. The monoisotopic (exact) mass is 314 g/mol. The van der Waals surface area contributed by atoms with Gasteiger partial charge in [-0.05, 0) is 30.0 Å². The van der Waals surface area contributed by atoms with E-state index in [0.717, 1.165) is 16.7 Å². The molecule has 0 saturated heterocycles. The summed E-state index contributed by atoms with van der Waals surface area (Å²) in [4.78, 5) is 10.4. The van der Waals surface area contributed by atoms with Gasteiger partial charge >= 0.3 is 0 Å². The summed E-state index contributed by atoms with van der Waals surface area (Å²) in [6, 6.07) is 12.0. The summed E-state index contributed by atoms with van der Waals surface area (Å²) in [5.74, 6) is 1.41. The third-order valence-corrected chi connectivity index (χ3v) is 4.11. The molecule has 0 bridgehead atoms. The van der Waals surface area contributed by atoms with Crippen LogP contribution in [0.15, 0.2) is 41.8 Å². The van der Waals surface area contributed by atoms with Gasteiger partial charge in [0.2, 0.25) is 5.95 Å². The van der Waals surface area contributed by atoms with E-state index in [1.165, 1.54) is 4.88 Å². The van der Waals surface area contributed by atoms with Gasteiger partial charge in [0.25, 0.3) is 0 Å². The van der Waals surface area contributed by atoms with Crippen molar-refractivity contribution in [3.05, 3.63) is 46.7 Å². The van der Waals surface area contributed by atoms with Crippen LogP contribution in [0.5, 0.6) is 0 Å². The topological polar surface area (TPSA) is 70.1 Å². The van der Waals surface area contributed by atoms with Crippen molar-refractivity contribution in [2.24, 2.45) is 0 Å². The number of aromatic nitrogens is 2. The maximum absolute atomic E-state index is 8.92. The highest BCUT2D eigenvalue weighted by molar-refractivity contribution is 7.09. The minimum absolute atomic E-state index is 0.166. The summed E-state index contributed by atoms with van der Waals surface area (Å²) in [7, 11) is 0. The van der Waals surface area contributed by atoms with E-state index in [4.69, 9.17) is 5.11 Å². The summed E-state index contributed by atoms with van der Waals surface area (Å²) in [5, 5.41) is 18.5. The molecule has 0 amide bonds. The molecule has 2 aromatic heterocycles. The predicted molar refractivity (Wildman–Crippen MR) is 91.4 cm³/mol. The van der Waals surface area contributed by atoms with E-state index < -0.39 is 0 Å². The molecule has 2 heterocycles. The first-order valence-electron chi connectivity index (χ1n) is 7.24. The molecule has 3 rings (SSSR count). The summed E-state index contributed by atoms with van der Waals surface area (Å²) in [6.45, 7) is 1.56. The molecule has 1 aromatic carbocycles. The van der Waals surface area contributed by atoms with Gasteiger partial charge in [-0.1, -0.05) is 18.2 Å². The molecule has 22 heavy (non-hydrogen) atoms. The van der Waals surface area contributed by atoms with E-state index in [9.17, 15) is 0 Å². The molecule has 114 valence electrons. The lowest BCUT2D eigenvalue weighted by molar-refractivity contribution is 0.292. The van der Waals surface area contributed by atoms with Gasteiger partial charge in [-0.25, -0.2) is 4.98 Å². The van der Waals surface area contributed by atoms with Gasteiger partial charge in [-0.15, -0.1) is 11.3 Å². The van der Waals surface area contributed by atoms with Crippen molar-refractivity contribution in [2.45, 2.75) is 13.0 Å². The molecule has 0 spiro atoms. The average molecular weight is 314 g/mol. The molecular formula is C16H18N4OS. The van der Waals surface area contributed by atoms with Gasteiger partial charge < -0.3 is 15.7 Å². The standard InChI is InChI=1S/C16H18N4OS/c21-9-4-8-17-15-13-6-1-2-7-14(13)19-16(20-15)18-11-12-5-3-10-22-12/h1-3,5-7,10,21H,4,8-9,11H2,(H2,17,18,19,20). The van der Waals surface area contributed by atoms with Crippen molar-refractivity contribution in [1.29, 1.82) is 0 Å². The van der Waals surface area contributed by atoms with E-state index in [2.05, 4.69) is 32.0 Å². The largest absolute Gasteiger partial charge is 0.396 e. The highest BCUT2D eigenvalue weighted by atomic mass is 32.1. The Morgan fingerprint density at radius 3 is 2.77 bits per heavy atom. The van der Waals surface area contributed by atoms with Crippen LogP contribution in [0, 0.1) is 0 Å². The summed E-state index contributed by atoms with van der Waals surface area (Å²) < 4.78 is 0. The minimum atomic E-state index is 0.166. The smallest absolute Gasteiger partial charge is 0.225 e. The zero-order chi connectivity index (χ0) is 15.2. The van der Waals surface area contributed by atoms with E-state index in [-0.39, 0.29) is 6.61 Å². The van der Waals surface area contributed by atoms with Crippen LogP contribution >= 0.6 is 11.3 Å². The van der Waals surface area contributed by atoms with Crippen LogP contribution in [0.1, 0.15) is 11.3 Å². The fraction of sp³-hybridized carbons (Fsp3) is 0.250. The number of hydrogen-bond donors (Lipinski definition) is 3. The molecule has 6 heteroatoms. The van der Waals surface area contributed by atoms with E-state index in [0.29, 0.717) is 25.5 Å². The highest BCUT2D eigenvalue weighted by Crippen LogP contribution is 2.22. The maximum Gasteiger partial charge on any atom is 0.225 e. The molecule has 0 unspecified atom stereocenters. The van der Waals surface area contributed by atoms with Crippen molar-refractivity contribution in [3.63, 3.8) is 0 Å². The van der Waals surface area contributed by atoms with Gasteiger partial charge in [-0.2, -0.15) is 4.98 Å². The van der Waals surface area contributed by atoms with Crippen LogP contribution in [0.3, 0.4) is 0 Å². The van der Waals surface area contributed by atoms with Gasteiger partial charge in [0, 0.05) is 23.4 Å².